The summed E-state index contributed by atoms with van der Waals surface area (Å²) in [4.78, 5) is 21.9. The fourth-order valence-electron chi connectivity index (χ4n) is 3.18. The number of carbonyl (C=O) groups is 1. The average molecular weight is 347 g/mol. The Bertz CT molecular complexity index is 697. The van der Waals surface area contributed by atoms with Gasteiger partial charge in [0.15, 0.2) is 5.82 Å². The highest BCUT2D eigenvalue weighted by Crippen LogP contribution is 2.38. The van der Waals surface area contributed by atoms with Crippen LogP contribution in [0.3, 0.4) is 0 Å². The van der Waals surface area contributed by atoms with Crippen molar-refractivity contribution in [1.82, 2.24) is 24.3 Å². The van der Waals surface area contributed by atoms with Crippen LogP contribution in [0.1, 0.15) is 53.0 Å². The van der Waals surface area contributed by atoms with E-state index in [9.17, 15) is 4.79 Å². The summed E-state index contributed by atoms with van der Waals surface area (Å²) in [6.45, 7) is 2.54. The largest absolute Gasteiger partial charge is 0.339 e. The smallest absolute Gasteiger partial charge is 0.265 e. The molecule has 2 fully saturated rings. The van der Waals surface area contributed by atoms with E-state index in [1.54, 1.807) is 12.3 Å². The standard InChI is InChI=1S/C16H21N5O2S/c1-20(16(22)13-6-7-17-24-13)12-3-2-8-21(9-12)10-14-18-15(23-19-14)11-4-5-11/h6-7,11-12H,2-5,8-10H2,1H3. The van der Waals surface area contributed by atoms with Gasteiger partial charge in [-0.15, -0.1) is 0 Å². The minimum absolute atomic E-state index is 0.0555. The quantitative estimate of drug-likeness (QED) is 0.825. The number of rotatable bonds is 5. The Morgan fingerprint density at radius 3 is 3.08 bits per heavy atom. The highest BCUT2D eigenvalue weighted by Gasteiger charge is 2.31. The lowest BCUT2D eigenvalue weighted by Crippen LogP contribution is -2.48. The normalized spacial score (nSPS) is 21.8. The fourth-order valence-corrected chi connectivity index (χ4v) is 3.76. The third kappa shape index (κ3) is 3.34. The van der Waals surface area contributed by atoms with E-state index in [1.807, 2.05) is 11.9 Å². The molecule has 0 radical (unpaired) electrons. The summed E-state index contributed by atoms with van der Waals surface area (Å²) in [5.41, 5.74) is 0. The van der Waals surface area contributed by atoms with Crippen LogP contribution < -0.4 is 0 Å². The summed E-state index contributed by atoms with van der Waals surface area (Å²) in [6, 6.07) is 1.99. The van der Waals surface area contributed by atoms with Crippen LogP contribution in [0, 0.1) is 0 Å². The third-order valence-electron chi connectivity index (χ3n) is 4.77. The van der Waals surface area contributed by atoms with Gasteiger partial charge in [-0.25, -0.2) is 4.37 Å². The number of hydrogen-bond acceptors (Lipinski definition) is 7. The van der Waals surface area contributed by atoms with Gasteiger partial charge >= 0.3 is 0 Å². The molecule has 4 rings (SSSR count). The molecule has 1 aliphatic heterocycles. The Hall–Kier alpha value is -1.80. The van der Waals surface area contributed by atoms with E-state index in [0.717, 1.165) is 50.5 Å². The van der Waals surface area contributed by atoms with Crippen LogP contribution in [-0.4, -0.2) is 56.4 Å². The number of carbonyl (C=O) groups excluding carboxylic acids is 1. The monoisotopic (exact) mass is 347 g/mol. The van der Waals surface area contributed by atoms with Crippen molar-refractivity contribution < 1.29 is 9.32 Å². The molecule has 1 saturated heterocycles. The molecule has 128 valence electrons. The SMILES string of the molecule is CN(C(=O)c1ccns1)C1CCCN(Cc2noc(C3CC3)n2)C1. The second kappa shape index (κ2) is 6.60. The molecule has 0 bridgehead atoms. The topological polar surface area (TPSA) is 75.4 Å². The van der Waals surface area contributed by atoms with Gasteiger partial charge in [0.1, 0.15) is 4.88 Å². The third-order valence-corrected chi connectivity index (χ3v) is 5.51. The van der Waals surface area contributed by atoms with Crippen molar-refractivity contribution in [3.05, 3.63) is 28.9 Å². The van der Waals surface area contributed by atoms with Gasteiger partial charge in [-0.2, -0.15) is 4.98 Å². The molecule has 3 heterocycles. The van der Waals surface area contributed by atoms with Gasteiger partial charge in [-0.05, 0) is 49.8 Å². The summed E-state index contributed by atoms with van der Waals surface area (Å²) < 4.78 is 9.35. The van der Waals surface area contributed by atoms with Crippen LogP contribution >= 0.6 is 11.5 Å². The van der Waals surface area contributed by atoms with Gasteiger partial charge in [0.25, 0.3) is 5.91 Å². The van der Waals surface area contributed by atoms with E-state index in [4.69, 9.17) is 4.52 Å². The van der Waals surface area contributed by atoms with Gasteiger partial charge in [-0.3, -0.25) is 9.69 Å². The molecular formula is C16H21N5O2S. The molecule has 2 aromatic heterocycles. The van der Waals surface area contributed by atoms with Crippen molar-refractivity contribution >= 4 is 17.4 Å². The molecule has 0 N–H and O–H groups in total. The van der Waals surface area contributed by atoms with Gasteiger partial charge < -0.3 is 9.42 Å². The first kappa shape index (κ1) is 15.7. The lowest BCUT2D eigenvalue weighted by molar-refractivity contribution is 0.0610. The van der Waals surface area contributed by atoms with Crippen LogP contribution in [0.4, 0.5) is 0 Å². The first-order valence-electron chi connectivity index (χ1n) is 8.43. The molecule has 0 spiro atoms. The summed E-state index contributed by atoms with van der Waals surface area (Å²) in [7, 11) is 1.88. The second-order valence-corrected chi connectivity index (χ2v) is 7.48. The van der Waals surface area contributed by atoms with Crippen LogP contribution in [0.5, 0.6) is 0 Å². The molecule has 2 aromatic rings. The zero-order chi connectivity index (χ0) is 16.5. The van der Waals surface area contributed by atoms with Gasteiger partial charge in [0.2, 0.25) is 5.89 Å². The van der Waals surface area contributed by atoms with Crippen molar-refractivity contribution in [2.75, 3.05) is 20.1 Å². The van der Waals surface area contributed by atoms with Crippen molar-refractivity contribution in [3.8, 4) is 0 Å². The molecule has 8 heteroatoms. The van der Waals surface area contributed by atoms with Crippen LogP contribution in [0.2, 0.25) is 0 Å². The number of likely N-dealkylation sites (N-methyl/N-ethyl adjacent to an activating group) is 1. The Labute approximate surface area is 144 Å². The van der Waals surface area contributed by atoms with E-state index >= 15 is 0 Å². The predicted octanol–water partition coefficient (Wildman–Crippen LogP) is 2.14. The Kier molecular flexibility index (Phi) is 4.32. The maximum Gasteiger partial charge on any atom is 0.265 e. The van der Waals surface area contributed by atoms with Gasteiger partial charge in [-0.1, -0.05) is 5.16 Å². The second-order valence-electron chi connectivity index (χ2n) is 6.65. The van der Waals surface area contributed by atoms with E-state index in [1.165, 1.54) is 11.5 Å². The highest BCUT2D eigenvalue weighted by atomic mass is 32.1. The first-order chi connectivity index (χ1) is 11.7. The predicted molar refractivity (Wildman–Crippen MR) is 88.8 cm³/mol. The minimum Gasteiger partial charge on any atom is -0.339 e. The first-order valence-corrected chi connectivity index (χ1v) is 9.20. The van der Waals surface area contributed by atoms with Crippen LogP contribution in [-0.2, 0) is 6.54 Å². The number of nitrogens with zero attached hydrogens (tertiary/aromatic N) is 5. The lowest BCUT2D eigenvalue weighted by Gasteiger charge is -2.36. The number of piperidine rings is 1. The highest BCUT2D eigenvalue weighted by molar-refractivity contribution is 7.08. The fraction of sp³-hybridized carbons (Fsp3) is 0.625. The molecule has 1 unspecified atom stereocenters. The number of amides is 1. The van der Waals surface area contributed by atoms with Crippen LogP contribution in [0.15, 0.2) is 16.8 Å². The molecule has 7 nitrogen and oxygen atoms in total. The molecule has 1 atom stereocenters. The van der Waals surface area contributed by atoms with E-state index in [-0.39, 0.29) is 11.9 Å². The number of hydrogen-bond donors (Lipinski definition) is 0. The maximum atomic E-state index is 12.5. The number of likely N-dealkylation sites (tertiary alicyclic amines) is 1. The molecule has 1 amide bonds. The average Bonchev–Trinajstić information content (AvgIpc) is 3.11. The van der Waals surface area contributed by atoms with Crippen molar-refractivity contribution in [2.45, 2.75) is 44.2 Å². The number of aromatic nitrogens is 3. The summed E-state index contributed by atoms with van der Waals surface area (Å²) >= 11 is 1.25. The Morgan fingerprint density at radius 2 is 2.33 bits per heavy atom. The van der Waals surface area contributed by atoms with Crippen molar-refractivity contribution in [3.63, 3.8) is 0 Å². The molecule has 24 heavy (non-hydrogen) atoms. The van der Waals surface area contributed by atoms with Crippen LogP contribution in [0.25, 0.3) is 0 Å². The van der Waals surface area contributed by atoms with Crippen molar-refractivity contribution in [1.29, 1.82) is 0 Å². The van der Waals surface area contributed by atoms with E-state index < -0.39 is 0 Å². The van der Waals surface area contributed by atoms with E-state index in [0.29, 0.717) is 17.3 Å². The van der Waals surface area contributed by atoms with E-state index in [2.05, 4.69) is 19.4 Å². The Balaban J connectivity index is 1.36. The zero-order valence-corrected chi connectivity index (χ0v) is 14.5. The molecule has 2 aliphatic rings. The molecule has 1 aliphatic carbocycles. The van der Waals surface area contributed by atoms with Gasteiger partial charge in [0, 0.05) is 31.7 Å². The zero-order valence-electron chi connectivity index (χ0n) is 13.7. The molecule has 0 aromatic carbocycles. The lowest BCUT2D eigenvalue weighted by atomic mass is 10.0. The van der Waals surface area contributed by atoms with Crippen molar-refractivity contribution in [2.24, 2.45) is 0 Å². The summed E-state index contributed by atoms with van der Waals surface area (Å²) in [5, 5.41) is 4.10. The maximum absolute atomic E-state index is 12.5. The molecule has 1 saturated carbocycles. The molecular weight excluding hydrogens is 326 g/mol. The Morgan fingerprint density at radius 1 is 1.46 bits per heavy atom. The summed E-state index contributed by atoms with van der Waals surface area (Å²) in [6.07, 6.45) is 6.10. The van der Waals surface area contributed by atoms with Gasteiger partial charge in [0.05, 0.1) is 6.54 Å². The minimum atomic E-state index is 0.0555. The summed E-state index contributed by atoms with van der Waals surface area (Å²) in [5.74, 6) is 2.09.